The highest BCUT2D eigenvalue weighted by Crippen LogP contribution is 2.07. The lowest BCUT2D eigenvalue weighted by atomic mass is 10.3. The molecule has 0 aliphatic heterocycles. The van der Waals surface area contributed by atoms with Gasteiger partial charge in [0.1, 0.15) is 5.76 Å². The molecular weight excluding hydrogens is 166 g/mol. The number of hydrogen-bond donors (Lipinski definition) is 0. The van der Waals surface area contributed by atoms with E-state index in [1.165, 1.54) is 6.20 Å². The number of aryl methyl sites for hydroxylation is 1. The Morgan fingerprint density at radius 3 is 2.45 bits per heavy atom. The van der Waals surface area contributed by atoms with E-state index in [4.69, 9.17) is 11.6 Å². The lowest BCUT2D eigenvalue weighted by molar-refractivity contribution is 0.108. The first-order valence-corrected chi connectivity index (χ1v) is 3.04. The second kappa shape index (κ2) is 4.53. The highest BCUT2D eigenvalue weighted by atomic mass is 35.5. The van der Waals surface area contributed by atoms with E-state index in [1.807, 2.05) is 0 Å². The maximum Gasteiger partial charge on any atom is 0.257 e. The van der Waals surface area contributed by atoms with E-state index in [1.54, 1.807) is 6.92 Å². The van der Waals surface area contributed by atoms with Crippen LogP contribution in [-0.4, -0.2) is 10.4 Å². The Morgan fingerprint density at radius 2 is 2.27 bits per heavy atom. The highest BCUT2D eigenvalue weighted by Gasteiger charge is 2.08. The summed E-state index contributed by atoms with van der Waals surface area (Å²) in [6.45, 7) is 1.63. The number of carbonyl (C=O) groups is 1. The second-order valence-corrected chi connectivity index (χ2v) is 1.91. The number of aromatic nitrogens is 1. The third kappa shape index (κ3) is 2.44. The predicted molar refractivity (Wildman–Crippen MR) is 41.3 cm³/mol. The van der Waals surface area contributed by atoms with Crippen LogP contribution < -0.4 is 0 Å². The van der Waals surface area contributed by atoms with Crippen molar-refractivity contribution in [3.05, 3.63) is 17.5 Å². The van der Waals surface area contributed by atoms with Gasteiger partial charge in [-0.05, 0) is 18.5 Å². The fourth-order valence-electron chi connectivity index (χ4n) is 0.487. The summed E-state index contributed by atoms with van der Waals surface area (Å²) >= 11 is 5.11. The first kappa shape index (κ1) is 9.73. The predicted octanol–water partition coefficient (Wildman–Crippen LogP) is 1.61. The molecule has 1 heterocycles. The molecule has 0 N–H and O–H groups in total. The van der Waals surface area contributed by atoms with Gasteiger partial charge in [-0.1, -0.05) is 5.16 Å². The number of hydrogen-bond acceptors (Lipinski definition) is 3. The van der Waals surface area contributed by atoms with Crippen LogP contribution in [0.5, 0.6) is 0 Å². The van der Waals surface area contributed by atoms with Crippen LogP contribution in [0.1, 0.15) is 16.1 Å². The SMILES string of the molecule is C#C.Cc1oncc1C(=O)Cl. The number of rotatable bonds is 1. The number of terminal acetylenes is 1. The molecule has 0 fully saturated rings. The fourth-order valence-corrected chi connectivity index (χ4v) is 0.669. The average Bonchev–Trinajstić information content (AvgIpc) is 2.39. The molecule has 0 unspecified atom stereocenters. The lowest BCUT2D eigenvalue weighted by Gasteiger charge is -1.81. The third-order valence-corrected chi connectivity index (χ3v) is 1.17. The topological polar surface area (TPSA) is 43.1 Å². The van der Waals surface area contributed by atoms with E-state index in [9.17, 15) is 4.79 Å². The van der Waals surface area contributed by atoms with Crippen molar-refractivity contribution < 1.29 is 9.32 Å². The molecule has 0 saturated carbocycles. The molecule has 0 radical (unpaired) electrons. The summed E-state index contributed by atoms with van der Waals surface area (Å²) < 4.78 is 4.57. The molecule has 0 aromatic carbocycles. The van der Waals surface area contributed by atoms with Crippen LogP contribution >= 0.6 is 11.6 Å². The fraction of sp³-hybridized carbons (Fsp3) is 0.143. The van der Waals surface area contributed by atoms with Gasteiger partial charge in [0, 0.05) is 0 Å². The van der Waals surface area contributed by atoms with Crippen molar-refractivity contribution in [3.63, 3.8) is 0 Å². The monoisotopic (exact) mass is 171 g/mol. The summed E-state index contributed by atoms with van der Waals surface area (Å²) in [5.74, 6) is 0.454. The molecule has 0 atom stereocenters. The maximum absolute atomic E-state index is 10.4. The first-order chi connectivity index (χ1) is 5.22. The minimum Gasteiger partial charge on any atom is -0.361 e. The zero-order valence-corrected chi connectivity index (χ0v) is 6.63. The molecule has 0 aliphatic rings. The molecule has 0 aliphatic carbocycles. The van der Waals surface area contributed by atoms with E-state index in [2.05, 4.69) is 22.5 Å². The number of carbonyl (C=O) groups excluding carboxylic acids is 1. The number of nitrogens with zero attached hydrogens (tertiary/aromatic N) is 1. The standard InChI is InChI=1S/C5H4ClNO2.C2H2/c1-3-4(5(6)8)2-7-9-3;1-2/h2H,1H3;1-2H. The summed E-state index contributed by atoms with van der Waals surface area (Å²) in [7, 11) is 0. The largest absolute Gasteiger partial charge is 0.361 e. The van der Waals surface area contributed by atoms with Gasteiger partial charge >= 0.3 is 0 Å². The minimum atomic E-state index is -0.534. The summed E-state index contributed by atoms with van der Waals surface area (Å²) in [5, 5.41) is 2.83. The van der Waals surface area contributed by atoms with Crippen molar-refractivity contribution in [2.75, 3.05) is 0 Å². The van der Waals surface area contributed by atoms with Crippen LogP contribution in [0.2, 0.25) is 0 Å². The number of halogens is 1. The molecule has 0 amide bonds. The van der Waals surface area contributed by atoms with Gasteiger partial charge in [0.2, 0.25) is 0 Å². The molecular formula is C7H6ClNO2. The van der Waals surface area contributed by atoms with E-state index in [0.717, 1.165) is 0 Å². The van der Waals surface area contributed by atoms with Gasteiger partial charge in [0.25, 0.3) is 5.24 Å². The van der Waals surface area contributed by atoms with Gasteiger partial charge in [0.15, 0.2) is 0 Å². The van der Waals surface area contributed by atoms with Crippen molar-refractivity contribution in [1.29, 1.82) is 0 Å². The Bertz CT molecular complexity index is 264. The summed E-state index contributed by atoms with van der Waals surface area (Å²) in [5.41, 5.74) is 0.330. The highest BCUT2D eigenvalue weighted by molar-refractivity contribution is 6.67. The van der Waals surface area contributed by atoms with Crippen molar-refractivity contribution in [2.45, 2.75) is 6.92 Å². The maximum atomic E-state index is 10.4. The van der Waals surface area contributed by atoms with Gasteiger partial charge in [0.05, 0.1) is 11.8 Å². The lowest BCUT2D eigenvalue weighted by Crippen LogP contribution is -1.86. The van der Waals surface area contributed by atoms with Crippen molar-refractivity contribution >= 4 is 16.8 Å². The van der Waals surface area contributed by atoms with Crippen LogP contribution in [0.4, 0.5) is 0 Å². The van der Waals surface area contributed by atoms with Gasteiger partial charge < -0.3 is 4.52 Å². The molecule has 58 valence electrons. The van der Waals surface area contributed by atoms with Crippen LogP contribution in [0, 0.1) is 19.8 Å². The molecule has 1 aromatic heterocycles. The smallest absolute Gasteiger partial charge is 0.257 e. The van der Waals surface area contributed by atoms with Crippen molar-refractivity contribution in [1.82, 2.24) is 5.16 Å². The van der Waals surface area contributed by atoms with Crippen LogP contribution in [0.3, 0.4) is 0 Å². The first-order valence-electron chi connectivity index (χ1n) is 2.66. The van der Waals surface area contributed by atoms with E-state index in [0.29, 0.717) is 11.3 Å². The van der Waals surface area contributed by atoms with Crippen LogP contribution in [0.25, 0.3) is 0 Å². The Balaban J connectivity index is 0.000000461. The normalized spacial score (nSPS) is 8.00. The van der Waals surface area contributed by atoms with Crippen molar-refractivity contribution in [3.8, 4) is 12.8 Å². The third-order valence-electron chi connectivity index (χ3n) is 0.962. The van der Waals surface area contributed by atoms with E-state index in [-0.39, 0.29) is 0 Å². The van der Waals surface area contributed by atoms with Crippen molar-refractivity contribution in [2.24, 2.45) is 0 Å². The van der Waals surface area contributed by atoms with E-state index < -0.39 is 5.24 Å². The molecule has 0 spiro atoms. The van der Waals surface area contributed by atoms with Crippen LogP contribution in [0.15, 0.2) is 10.7 Å². The molecule has 1 rings (SSSR count). The molecule has 11 heavy (non-hydrogen) atoms. The minimum absolute atomic E-state index is 0.330. The van der Waals surface area contributed by atoms with E-state index >= 15 is 0 Å². The molecule has 0 bridgehead atoms. The summed E-state index contributed by atoms with van der Waals surface area (Å²) in [4.78, 5) is 10.4. The Hall–Kier alpha value is -1.27. The summed E-state index contributed by atoms with van der Waals surface area (Å²) in [6.07, 6.45) is 9.30. The Kier molecular flexibility index (Phi) is 4.01. The molecule has 1 aromatic rings. The van der Waals surface area contributed by atoms with Gasteiger partial charge in [-0.2, -0.15) is 0 Å². The van der Waals surface area contributed by atoms with Crippen LogP contribution in [-0.2, 0) is 0 Å². The molecule has 3 nitrogen and oxygen atoms in total. The quantitative estimate of drug-likeness (QED) is 0.476. The Morgan fingerprint density at radius 1 is 1.73 bits per heavy atom. The van der Waals surface area contributed by atoms with Gasteiger partial charge in [-0.15, -0.1) is 12.8 Å². The molecule has 0 saturated heterocycles. The second-order valence-electron chi connectivity index (χ2n) is 1.57. The Labute approximate surface area is 69.3 Å². The molecule has 4 heteroatoms. The average molecular weight is 172 g/mol. The van der Waals surface area contributed by atoms with Gasteiger partial charge in [-0.25, -0.2) is 0 Å². The summed E-state index contributed by atoms with van der Waals surface area (Å²) in [6, 6.07) is 0. The van der Waals surface area contributed by atoms with Gasteiger partial charge in [-0.3, -0.25) is 4.79 Å². The zero-order valence-electron chi connectivity index (χ0n) is 5.87. The zero-order chi connectivity index (χ0) is 8.85.